The molecule has 3 heterocycles. The smallest absolute Gasteiger partial charge is 0.200 e. The maximum atomic E-state index is 4.40. The molecule has 0 unspecified atom stereocenters. The summed E-state index contributed by atoms with van der Waals surface area (Å²) >= 11 is 3.40. The molecule has 78 valence electrons. The number of hydrogen-bond donors (Lipinski definition) is 0. The van der Waals surface area contributed by atoms with Gasteiger partial charge in [-0.3, -0.25) is 4.98 Å². The van der Waals surface area contributed by atoms with E-state index < -0.39 is 0 Å². The molecule has 0 saturated heterocycles. The number of nitrogens with zero attached hydrogens (tertiary/aromatic N) is 4. The Labute approximate surface area is 100 Å². The summed E-state index contributed by atoms with van der Waals surface area (Å²) in [4.78, 5) is 8.62. The Morgan fingerprint density at radius 1 is 1.19 bits per heavy atom. The Morgan fingerprint density at radius 2 is 2.12 bits per heavy atom. The van der Waals surface area contributed by atoms with E-state index in [2.05, 4.69) is 31.0 Å². The van der Waals surface area contributed by atoms with Crippen molar-refractivity contribution in [3.8, 4) is 11.5 Å². The maximum absolute atomic E-state index is 4.40. The van der Waals surface area contributed by atoms with Gasteiger partial charge in [-0.2, -0.15) is 0 Å². The van der Waals surface area contributed by atoms with Crippen LogP contribution < -0.4 is 0 Å². The van der Waals surface area contributed by atoms with Crippen molar-refractivity contribution in [2.24, 2.45) is 0 Å². The second-order valence-corrected chi connectivity index (χ2v) is 4.21. The lowest BCUT2D eigenvalue weighted by molar-refractivity contribution is 0.960. The Kier molecular flexibility index (Phi) is 2.18. The highest BCUT2D eigenvalue weighted by Crippen LogP contribution is 2.16. The summed E-state index contributed by atoms with van der Waals surface area (Å²) in [6.45, 7) is 0. The largest absolute Gasteiger partial charge is 0.253 e. The van der Waals surface area contributed by atoms with Gasteiger partial charge < -0.3 is 0 Å². The lowest BCUT2D eigenvalue weighted by Crippen LogP contribution is -1.86. The van der Waals surface area contributed by atoms with E-state index in [0.29, 0.717) is 5.82 Å². The normalized spacial score (nSPS) is 10.8. The predicted molar refractivity (Wildman–Crippen MR) is 63.9 cm³/mol. The molecule has 0 aliphatic carbocycles. The van der Waals surface area contributed by atoms with Crippen molar-refractivity contribution in [3.05, 3.63) is 47.2 Å². The first kappa shape index (κ1) is 9.47. The first-order valence-electron chi connectivity index (χ1n) is 4.76. The second-order valence-electron chi connectivity index (χ2n) is 3.30. The van der Waals surface area contributed by atoms with Crippen LogP contribution in [-0.4, -0.2) is 19.6 Å². The van der Waals surface area contributed by atoms with Crippen LogP contribution in [-0.2, 0) is 0 Å². The molecule has 0 saturated carbocycles. The number of rotatable bonds is 1. The number of aromatic nitrogens is 4. The van der Waals surface area contributed by atoms with E-state index in [1.54, 1.807) is 10.7 Å². The Balaban J connectivity index is 2.19. The van der Waals surface area contributed by atoms with Gasteiger partial charge in [0.15, 0.2) is 5.65 Å². The molecule has 0 radical (unpaired) electrons. The molecule has 16 heavy (non-hydrogen) atoms. The molecule has 4 nitrogen and oxygen atoms in total. The fourth-order valence-electron chi connectivity index (χ4n) is 1.46. The summed E-state index contributed by atoms with van der Waals surface area (Å²) in [7, 11) is 0. The van der Waals surface area contributed by atoms with Crippen LogP contribution in [0.25, 0.3) is 17.2 Å². The quantitative estimate of drug-likeness (QED) is 0.685. The van der Waals surface area contributed by atoms with Gasteiger partial charge in [0.1, 0.15) is 5.69 Å². The van der Waals surface area contributed by atoms with Gasteiger partial charge in [0.05, 0.1) is 0 Å². The van der Waals surface area contributed by atoms with Crippen LogP contribution in [0.1, 0.15) is 0 Å². The predicted octanol–water partition coefficient (Wildman–Crippen LogP) is 2.55. The highest BCUT2D eigenvalue weighted by atomic mass is 79.9. The molecule has 0 bridgehead atoms. The van der Waals surface area contributed by atoms with Crippen LogP contribution in [0.5, 0.6) is 0 Å². The lowest BCUT2D eigenvalue weighted by atomic mass is 10.3. The van der Waals surface area contributed by atoms with Crippen LogP contribution in [0.2, 0.25) is 0 Å². The number of halogens is 1. The van der Waals surface area contributed by atoms with E-state index in [4.69, 9.17) is 0 Å². The summed E-state index contributed by atoms with van der Waals surface area (Å²) in [5, 5.41) is 4.35. The molecule has 3 aromatic heterocycles. The molecule has 3 rings (SSSR count). The Morgan fingerprint density at radius 3 is 2.94 bits per heavy atom. The zero-order valence-electron chi connectivity index (χ0n) is 8.21. The van der Waals surface area contributed by atoms with Gasteiger partial charge in [-0.1, -0.05) is 22.0 Å². The molecule has 0 atom stereocenters. The summed E-state index contributed by atoms with van der Waals surface area (Å²) < 4.78 is 2.72. The molecule has 0 spiro atoms. The van der Waals surface area contributed by atoms with Crippen molar-refractivity contribution in [2.45, 2.75) is 0 Å². The van der Waals surface area contributed by atoms with Crippen molar-refractivity contribution in [3.63, 3.8) is 0 Å². The molecule has 0 aliphatic rings. The van der Waals surface area contributed by atoms with Crippen LogP contribution >= 0.6 is 15.9 Å². The number of fused-ring (bicyclic) bond motifs is 1. The van der Waals surface area contributed by atoms with E-state index in [0.717, 1.165) is 15.8 Å². The van der Waals surface area contributed by atoms with Gasteiger partial charge >= 0.3 is 0 Å². The molecule has 3 aromatic rings. The highest BCUT2D eigenvalue weighted by molar-refractivity contribution is 9.10. The van der Waals surface area contributed by atoms with Gasteiger partial charge in [-0.05, 0) is 24.3 Å². The first-order chi connectivity index (χ1) is 7.83. The topological polar surface area (TPSA) is 43.1 Å². The Hall–Kier alpha value is -1.75. The van der Waals surface area contributed by atoms with Gasteiger partial charge in [-0.15, -0.1) is 5.10 Å². The zero-order chi connectivity index (χ0) is 11.0. The molecule has 5 heteroatoms. The monoisotopic (exact) mass is 274 g/mol. The molecular formula is C11H7BrN4. The molecule has 0 N–H and O–H groups in total. The maximum Gasteiger partial charge on any atom is 0.200 e. The first-order valence-corrected chi connectivity index (χ1v) is 5.55. The second kappa shape index (κ2) is 3.68. The fraction of sp³-hybridized carbons (Fsp3) is 0. The van der Waals surface area contributed by atoms with Crippen molar-refractivity contribution in [1.29, 1.82) is 0 Å². The average Bonchev–Trinajstić information content (AvgIpc) is 2.73. The van der Waals surface area contributed by atoms with E-state index in [9.17, 15) is 0 Å². The minimum Gasteiger partial charge on any atom is -0.253 e. The van der Waals surface area contributed by atoms with Gasteiger partial charge in [0.25, 0.3) is 0 Å². The van der Waals surface area contributed by atoms with E-state index in [1.165, 1.54) is 0 Å². The van der Waals surface area contributed by atoms with Crippen LogP contribution in [0.3, 0.4) is 0 Å². The molecule has 0 aliphatic heterocycles. The number of hydrogen-bond acceptors (Lipinski definition) is 3. The standard InChI is InChI=1S/C11H7BrN4/c12-8-4-6-16-10(7-8)14-11(15-16)9-3-1-2-5-13-9/h1-7H. The zero-order valence-corrected chi connectivity index (χ0v) is 9.79. The third-order valence-corrected chi connectivity index (χ3v) is 2.69. The third-order valence-electron chi connectivity index (χ3n) is 2.19. The molecular weight excluding hydrogens is 268 g/mol. The van der Waals surface area contributed by atoms with Gasteiger partial charge in [-0.25, -0.2) is 9.50 Å². The van der Waals surface area contributed by atoms with Crippen LogP contribution in [0.15, 0.2) is 47.2 Å². The summed E-state index contributed by atoms with van der Waals surface area (Å²) in [5.41, 5.74) is 1.58. The summed E-state index contributed by atoms with van der Waals surface area (Å²) in [5.74, 6) is 0.638. The SMILES string of the molecule is Brc1ccn2nc(-c3ccccn3)nc2c1. The lowest BCUT2D eigenvalue weighted by Gasteiger charge is -1.90. The van der Waals surface area contributed by atoms with E-state index in [1.807, 2.05) is 36.5 Å². The van der Waals surface area contributed by atoms with Gasteiger partial charge in [0, 0.05) is 16.9 Å². The average molecular weight is 275 g/mol. The minimum atomic E-state index is 0.638. The third kappa shape index (κ3) is 1.59. The van der Waals surface area contributed by atoms with Crippen molar-refractivity contribution in [2.75, 3.05) is 0 Å². The van der Waals surface area contributed by atoms with E-state index in [-0.39, 0.29) is 0 Å². The number of pyridine rings is 2. The van der Waals surface area contributed by atoms with Crippen molar-refractivity contribution >= 4 is 21.6 Å². The molecule has 0 fully saturated rings. The summed E-state index contributed by atoms with van der Waals surface area (Å²) in [6, 6.07) is 9.52. The minimum absolute atomic E-state index is 0.638. The van der Waals surface area contributed by atoms with Gasteiger partial charge in [0.2, 0.25) is 5.82 Å². The molecule has 0 amide bonds. The van der Waals surface area contributed by atoms with Crippen LogP contribution in [0.4, 0.5) is 0 Å². The van der Waals surface area contributed by atoms with Crippen LogP contribution in [0, 0.1) is 0 Å². The molecule has 0 aromatic carbocycles. The van der Waals surface area contributed by atoms with Crippen molar-refractivity contribution < 1.29 is 0 Å². The summed E-state index contributed by atoms with van der Waals surface area (Å²) in [6.07, 6.45) is 3.59. The Bertz CT molecular complexity index is 633. The van der Waals surface area contributed by atoms with Crippen molar-refractivity contribution in [1.82, 2.24) is 19.6 Å². The highest BCUT2D eigenvalue weighted by Gasteiger charge is 2.06. The fourth-order valence-corrected chi connectivity index (χ4v) is 1.78. The van der Waals surface area contributed by atoms with E-state index >= 15 is 0 Å².